The molecular formula is C43H57ClN2O8. The zero-order valence-corrected chi connectivity index (χ0v) is 32.3. The van der Waals surface area contributed by atoms with E-state index in [4.69, 9.17) is 40.5 Å². The first-order chi connectivity index (χ1) is 26.5. The maximum Gasteiger partial charge on any atom is 0.410 e. The van der Waals surface area contributed by atoms with Crippen LogP contribution in [0.4, 0.5) is 4.79 Å². The molecule has 2 aliphatic carbocycles. The van der Waals surface area contributed by atoms with Gasteiger partial charge in [0.25, 0.3) is 0 Å². The van der Waals surface area contributed by atoms with E-state index in [2.05, 4.69) is 25.3 Å². The number of ether oxygens (including phenoxy) is 4. The second kappa shape index (κ2) is 20.7. The van der Waals surface area contributed by atoms with Gasteiger partial charge in [-0.15, -0.1) is 18.2 Å². The zero-order chi connectivity index (χ0) is 38.3. The summed E-state index contributed by atoms with van der Waals surface area (Å²) in [5.74, 6) is -0.211. The number of oxime groups is 1. The number of aliphatic hydroxyl groups is 2. The molecule has 5 rings (SSSR count). The third-order valence-electron chi connectivity index (χ3n) is 10.6. The molecule has 2 N–H and O–H groups in total. The van der Waals surface area contributed by atoms with Crippen LogP contribution in [0.2, 0.25) is 0 Å². The topological polar surface area (TPSA) is 119 Å². The molecule has 3 aliphatic rings. The molecule has 1 amide bonds. The van der Waals surface area contributed by atoms with E-state index in [1.54, 1.807) is 17.1 Å². The van der Waals surface area contributed by atoms with Gasteiger partial charge in [-0.25, -0.2) is 4.79 Å². The number of halogens is 1. The van der Waals surface area contributed by atoms with E-state index < -0.39 is 23.8 Å². The number of benzene rings is 2. The molecular weight excluding hydrogens is 708 g/mol. The number of carbonyl (C=O) groups is 1. The summed E-state index contributed by atoms with van der Waals surface area (Å²) in [5.41, 5.74) is 3.66. The number of hydrogen-bond donors (Lipinski definition) is 2. The molecule has 2 aromatic carbocycles. The summed E-state index contributed by atoms with van der Waals surface area (Å²) in [6, 6.07) is 15.1. The van der Waals surface area contributed by atoms with Crippen LogP contribution in [-0.4, -0.2) is 84.2 Å². The Morgan fingerprint density at radius 2 is 1.81 bits per heavy atom. The van der Waals surface area contributed by atoms with Crippen molar-refractivity contribution < 1.29 is 38.8 Å². The van der Waals surface area contributed by atoms with Crippen molar-refractivity contribution in [3.05, 3.63) is 96.6 Å². The molecule has 11 heteroatoms. The number of nitrogens with zero attached hydrogens (tertiary/aromatic N) is 2. The molecule has 10 nitrogen and oxygen atoms in total. The monoisotopic (exact) mass is 764 g/mol. The predicted molar refractivity (Wildman–Crippen MR) is 211 cm³/mol. The Kier molecular flexibility index (Phi) is 15.9. The van der Waals surface area contributed by atoms with Crippen LogP contribution in [0.5, 0.6) is 11.5 Å². The van der Waals surface area contributed by atoms with Crippen molar-refractivity contribution in [2.75, 3.05) is 45.5 Å². The van der Waals surface area contributed by atoms with Crippen molar-refractivity contribution in [3.8, 4) is 11.5 Å². The number of allylic oxidation sites excluding steroid dienone is 1. The fourth-order valence-electron chi connectivity index (χ4n) is 8.48. The largest absolute Gasteiger partial charge is 0.490 e. The van der Waals surface area contributed by atoms with Crippen LogP contribution in [0.15, 0.2) is 90.6 Å². The van der Waals surface area contributed by atoms with Crippen LogP contribution in [0.25, 0.3) is 0 Å². The van der Waals surface area contributed by atoms with Crippen LogP contribution in [0, 0.1) is 17.8 Å². The van der Waals surface area contributed by atoms with Crippen molar-refractivity contribution in [1.82, 2.24) is 4.90 Å². The molecule has 54 heavy (non-hydrogen) atoms. The van der Waals surface area contributed by atoms with Crippen LogP contribution in [0.1, 0.15) is 75.3 Å². The van der Waals surface area contributed by atoms with Crippen LogP contribution in [-0.2, 0) is 20.9 Å². The molecule has 1 heterocycles. The van der Waals surface area contributed by atoms with Gasteiger partial charge in [0.2, 0.25) is 5.79 Å². The van der Waals surface area contributed by atoms with Gasteiger partial charge in [-0.1, -0.05) is 80.1 Å². The third kappa shape index (κ3) is 9.51. The SMILES string of the molecule is C=CCOc1ccc2c(c1)[C@H]1[C@H](CCCCO)[C@@H](CCCCO)C=C3C(=NOCc4ccccc4)C[C@H](N(CCC)C(=O)OCCCl)[C@@](OCC=C)(O2)[C@H]31. The minimum absolute atomic E-state index is 0.0613. The standard InChI is InChI=1S/C43H57ClN2O8/c1-4-21-46(42(49)51-26-20-44)39-29-37(45-53-30-31-14-8-7-9-15-31)35-27-32(16-10-12-22-47)34(17-11-13-23-48)40-36-28-33(50-24-5-2)18-19-38(36)54-43(39,41(35)40)52-25-6-3/h5-9,14-15,18-19,27-28,32,34,39-41,47-48H,2-4,10-13,16-17,20-26,29-30H2,1H3/t32-,34+,39-,40+,41+,43+/m0/s1. The van der Waals surface area contributed by atoms with Gasteiger partial charge in [0.1, 0.15) is 37.4 Å². The molecule has 1 fully saturated rings. The lowest BCUT2D eigenvalue weighted by Crippen LogP contribution is -2.70. The van der Waals surface area contributed by atoms with E-state index in [0.717, 1.165) is 48.1 Å². The molecule has 0 unspecified atom stereocenters. The van der Waals surface area contributed by atoms with Gasteiger partial charge in [-0.05, 0) is 73.3 Å². The smallest absolute Gasteiger partial charge is 0.410 e. The highest BCUT2D eigenvalue weighted by molar-refractivity contribution is 6.18. The highest BCUT2D eigenvalue weighted by Gasteiger charge is 2.65. The first-order valence-electron chi connectivity index (χ1n) is 19.4. The molecule has 1 saturated carbocycles. The molecule has 6 atom stereocenters. The van der Waals surface area contributed by atoms with Crippen molar-refractivity contribution in [1.29, 1.82) is 0 Å². The van der Waals surface area contributed by atoms with Crippen molar-refractivity contribution in [2.24, 2.45) is 22.9 Å². The average molecular weight is 765 g/mol. The van der Waals surface area contributed by atoms with Crippen LogP contribution >= 0.6 is 11.6 Å². The van der Waals surface area contributed by atoms with E-state index in [1.165, 1.54) is 0 Å². The van der Waals surface area contributed by atoms with Crippen LogP contribution < -0.4 is 9.47 Å². The van der Waals surface area contributed by atoms with Gasteiger partial charge in [-0.2, -0.15) is 0 Å². The fraction of sp³-hybridized carbons (Fsp3) is 0.535. The molecule has 0 bridgehead atoms. The summed E-state index contributed by atoms with van der Waals surface area (Å²) in [6.45, 7) is 11.3. The molecule has 1 aliphatic heterocycles. The summed E-state index contributed by atoms with van der Waals surface area (Å²) in [6.07, 6.45) is 10.9. The predicted octanol–water partition coefficient (Wildman–Crippen LogP) is 8.17. The molecule has 0 spiro atoms. The lowest BCUT2D eigenvalue weighted by Gasteiger charge is -2.59. The number of fused-ring (bicyclic) bond motifs is 2. The number of hydrogen-bond acceptors (Lipinski definition) is 9. The lowest BCUT2D eigenvalue weighted by atomic mass is 9.55. The summed E-state index contributed by atoms with van der Waals surface area (Å²) in [7, 11) is 0. The fourth-order valence-corrected chi connectivity index (χ4v) is 8.55. The normalized spacial score (nSPS) is 24.7. The number of amides is 1. The molecule has 0 aromatic heterocycles. The van der Waals surface area contributed by atoms with Gasteiger partial charge >= 0.3 is 6.09 Å². The molecule has 0 radical (unpaired) electrons. The second-order valence-electron chi connectivity index (χ2n) is 14.1. The second-order valence-corrected chi connectivity index (χ2v) is 14.5. The Morgan fingerprint density at radius 3 is 2.52 bits per heavy atom. The Balaban J connectivity index is 1.76. The van der Waals surface area contributed by atoms with E-state index in [0.29, 0.717) is 43.9 Å². The molecule has 2 aromatic rings. The summed E-state index contributed by atoms with van der Waals surface area (Å²) in [4.78, 5) is 21.9. The number of carbonyl (C=O) groups excluding carboxylic acids is 1. The summed E-state index contributed by atoms with van der Waals surface area (Å²) >= 11 is 6.00. The Hall–Kier alpha value is -3.83. The van der Waals surface area contributed by atoms with E-state index in [9.17, 15) is 15.0 Å². The highest BCUT2D eigenvalue weighted by Crippen LogP contribution is 2.62. The van der Waals surface area contributed by atoms with Crippen LogP contribution in [0.3, 0.4) is 0 Å². The minimum atomic E-state index is -1.36. The Morgan fingerprint density at radius 1 is 1.06 bits per heavy atom. The maximum absolute atomic E-state index is 14.0. The number of alkyl halides is 1. The molecule has 294 valence electrons. The maximum atomic E-state index is 14.0. The van der Waals surface area contributed by atoms with Gasteiger partial charge < -0.3 is 34.0 Å². The number of unbranched alkanes of at least 4 members (excludes halogenated alkanes) is 2. The Bertz CT molecular complexity index is 1580. The van der Waals surface area contributed by atoms with Gasteiger partial charge in [-0.3, -0.25) is 4.90 Å². The zero-order valence-electron chi connectivity index (χ0n) is 31.6. The molecule has 0 saturated heterocycles. The van der Waals surface area contributed by atoms with Crippen molar-refractivity contribution >= 4 is 23.4 Å². The van der Waals surface area contributed by atoms with Gasteiger partial charge in [0, 0.05) is 37.7 Å². The average Bonchev–Trinajstić information content (AvgIpc) is 3.19. The minimum Gasteiger partial charge on any atom is -0.490 e. The van der Waals surface area contributed by atoms with Crippen molar-refractivity contribution in [2.45, 2.75) is 82.6 Å². The lowest BCUT2D eigenvalue weighted by molar-refractivity contribution is -0.255. The van der Waals surface area contributed by atoms with E-state index in [1.807, 2.05) is 49.4 Å². The number of aliphatic hydroxyl groups excluding tert-OH is 2. The third-order valence-corrected chi connectivity index (χ3v) is 10.8. The van der Waals surface area contributed by atoms with E-state index >= 15 is 0 Å². The highest BCUT2D eigenvalue weighted by atomic mass is 35.5. The Labute approximate surface area is 325 Å². The number of rotatable bonds is 22. The van der Waals surface area contributed by atoms with Crippen molar-refractivity contribution in [3.63, 3.8) is 0 Å². The summed E-state index contributed by atoms with van der Waals surface area (Å²) in [5, 5.41) is 24.5. The first kappa shape index (κ1) is 41.3. The van der Waals surface area contributed by atoms with E-state index in [-0.39, 0.29) is 63.1 Å². The summed E-state index contributed by atoms with van der Waals surface area (Å²) < 4.78 is 26.0. The quantitative estimate of drug-likeness (QED) is 0.0534. The first-order valence-corrected chi connectivity index (χ1v) is 20.0. The van der Waals surface area contributed by atoms with Gasteiger partial charge in [0.15, 0.2) is 0 Å². The van der Waals surface area contributed by atoms with Gasteiger partial charge in [0.05, 0.1) is 24.1 Å².